The lowest BCUT2D eigenvalue weighted by Gasteiger charge is -2.32. The molecule has 9 nitrogen and oxygen atoms in total. The molecule has 3 rings (SSSR count). The lowest BCUT2D eigenvalue weighted by Crippen LogP contribution is -2.50. The van der Waals surface area contributed by atoms with Crippen molar-refractivity contribution in [2.75, 3.05) is 32.1 Å². The van der Waals surface area contributed by atoms with Gasteiger partial charge in [0.05, 0.1) is 24.8 Å². The average molecular weight is 560 g/mol. The van der Waals surface area contributed by atoms with Crippen molar-refractivity contribution < 1.29 is 27.5 Å². The summed E-state index contributed by atoms with van der Waals surface area (Å²) in [5, 5.41) is 3.07. The van der Waals surface area contributed by atoms with Gasteiger partial charge in [0.2, 0.25) is 11.8 Å². The molecule has 3 aromatic rings. The normalized spacial score (nSPS) is 11.8. The zero-order valence-corrected chi connectivity index (χ0v) is 23.1. The van der Waals surface area contributed by atoms with Crippen LogP contribution >= 0.6 is 11.6 Å². The third kappa shape index (κ3) is 6.56. The van der Waals surface area contributed by atoms with Crippen molar-refractivity contribution in [3.8, 4) is 11.5 Å². The highest BCUT2D eigenvalue weighted by Crippen LogP contribution is 2.33. The maximum absolute atomic E-state index is 13.9. The van der Waals surface area contributed by atoms with Crippen molar-refractivity contribution in [3.05, 3.63) is 83.4 Å². The van der Waals surface area contributed by atoms with Gasteiger partial charge in [0.1, 0.15) is 24.1 Å². The van der Waals surface area contributed by atoms with E-state index in [1.807, 2.05) is 0 Å². The molecule has 0 radical (unpaired) electrons. The van der Waals surface area contributed by atoms with Crippen LogP contribution in [0.2, 0.25) is 5.02 Å². The van der Waals surface area contributed by atoms with Crippen LogP contribution in [0, 0.1) is 0 Å². The molecule has 0 spiro atoms. The molecule has 0 heterocycles. The second-order valence-electron chi connectivity index (χ2n) is 8.30. The van der Waals surface area contributed by atoms with Crippen molar-refractivity contribution in [1.82, 2.24) is 10.2 Å². The van der Waals surface area contributed by atoms with Gasteiger partial charge in [0.15, 0.2) is 0 Å². The minimum Gasteiger partial charge on any atom is -0.497 e. The number of nitrogens with zero attached hydrogens (tertiary/aromatic N) is 2. The predicted octanol–water partition coefficient (Wildman–Crippen LogP) is 3.72. The van der Waals surface area contributed by atoms with Gasteiger partial charge in [-0.25, -0.2) is 8.42 Å². The summed E-state index contributed by atoms with van der Waals surface area (Å²) < 4.78 is 39.3. The van der Waals surface area contributed by atoms with E-state index in [0.29, 0.717) is 10.8 Å². The number of amides is 2. The molecule has 1 N–H and O–H groups in total. The fourth-order valence-electron chi connectivity index (χ4n) is 3.80. The van der Waals surface area contributed by atoms with Crippen molar-refractivity contribution in [1.29, 1.82) is 0 Å². The van der Waals surface area contributed by atoms with Crippen LogP contribution in [0.4, 0.5) is 5.69 Å². The number of benzene rings is 3. The fraction of sp³-hybridized carbons (Fsp3) is 0.259. The molecule has 0 aliphatic heterocycles. The monoisotopic (exact) mass is 559 g/mol. The molecular weight excluding hydrogens is 530 g/mol. The molecule has 38 heavy (non-hydrogen) atoms. The van der Waals surface area contributed by atoms with Gasteiger partial charge in [-0.3, -0.25) is 13.9 Å². The maximum atomic E-state index is 13.9. The zero-order valence-electron chi connectivity index (χ0n) is 21.5. The molecule has 1 unspecified atom stereocenters. The first-order chi connectivity index (χ1) is 18.1. The van der Waals surface area contributed by atoms with E-state index >= 15 is 0 Å². The summed E-state index contributed by atoms with van der Waals surface area (Å²) in [6.07, 6.45) is 0. The molecule has 2 amide bonds. The molecule has 0 aliphatic carbocycles. The summed E-state index contributed by atoms with van der Waals surface area (Å²) in [5.74, 6) is -0.230. The molecule has 3 aromatic carbocycles. The van der Waals surface area contributed by atoms with Gasteiger partial charge in [-0.15, -0.1) is 0 Å². The number of carbonyl (C=O) groups excluding carboxylic acids is 2. The molecule has 0 aromatic heterocycles. The molecular formula is C27H30ClN3O6S. The Balaban J connectivity index is 2.06. The van der Waals surface area contributed by atoms with Gasteiger partial charge >= 0.3 is 0 Å². The van der Waals surface area contributed by atoms with Crippen LogP contribution in [-0.2, 0) is 26.2 Å². The topological polar surface area (TPSA) is 105 Å². The number of anilines is 1. The molecule has 1 atom stereocenters. The first-order valence-corrected chi connectivity index (χ1v) is 13.5. The van der Waals surface area contributed by atoms with E-state index in [9.17, 15) is 18.0 Å². The van der Waals surface area contributed by atoms with E-state index in [4.69, 9.17) is 21.1 Å². The Labute approximate surface area is 228 Å². The molecule has 0 saturated carbocycles. The number of halogens is 1. The third-order valence-corrected chi connectivity index (χ3v) is 7.99. The zero-order chi connectivity index (χ0) is 27.9. The Bertz CT molecular complexity index is 1360. The number of rotatable bonds is 11. The van der Waals surface area contributed by atoms with Crippen molar-refractivity contribution >= 4 is 39.1 Å². The molecule has 0 bridgehead atoms. The molecule has 202 valence electrons. The Morgan fingerprint density at radius 1 is 0.947 bits per heavy atom. The summed E-state index contributed by atoms with van der Waals surface area (Å²) >= 11 is 6.00. The lowest BCUT2D eigenvalue weighted by molar-refractivity contribution is -0.139. The number of carbonyl (C=O) groups is 2. The highest BCUT2D eigenvalue weighted by atomic mass is 35.5. The molecule has 11 heteroatoms. The number of ether oxygens (including phenoxy) is 2. The van der Waals surface area contributed by atoms with E-state index in [1.165, 1.54) is 50.4 Å². The summed E-state index contributed by atoms with van der Waals surface area (Å²) in [6.45, 7) is 1.06. The number of para-hydroxylation sites is 2. The first-order valence-electron chi connectivity index (χ1n) is 11.7. The summed E-state index contributed by atoms with van der Waals surface area (Å²) in [4.78, 5) is 27.6. The summed E-state index contributed by atoms with van der Waals surface area (Å²) in [6, 6.07) is 18.3. The highest BCUT2D eigenvalue weighted by molar-refractivity contribution is 7.92. The van der Waals surface area contributed by atoms with Crippen molar-refractivity contribution in [3.63, 3.8) is 0 Å². The summed E-state index contributed by atoms with van der Waals surface area (Å²) in [7, 11) is 0.128. The second-order valence-corrected chi connectivity index (χ2v) is 10.6. The van der Waals surface area contributed by atoms with Crippen molar-refractivity contribution in [2.24, 2.45) is 0 Å². The standard InChI is InChI=1S/C27H30ClN3O6S/c1-19(27(33)29-2)30(17-20-9-11-21(28)12-10-20)26(32)18-31(24-7-5-6-8-25(24)37-4)38(34,35)23-15-13-22(36-3)14-16-23/h5-16,19H,17-18H2,1-4H3,(H,29,33). The maximum Gasteiger partial charge on any atom is 0.264 e. The highest BCUT2D eigenvalue weighted by Gasteiger charge is 2.33. The number of likely N-dealkylation sites (N-methyl/N-ethyl adjacent to an activating group) is 1. The third-order valence-electron chi connectivity index (χ3n) is 5.96. The Morgan fingerprint density at radius 3 is 2.16 bits per heavy atom. The smallest absolute Gasteiger partial charge is 0.264 e. The van der Waals surface area contributed by atoms with Crippen LogP contribution in [0.3, 0.4) is 0 Å². The van der Waals surface area contributed by atoms with E-state index in [-0.39, 0.29) is 22.9 Å². The van der Waals surface area contributed by atoms with Crippen LogP contribution in [0.15, 0.2) is 77.7 Å². The predicted molar refractivity (Wildman–Crippen MR) is 146 cm³/mol. The molecule has 0 saturated heterocycles. The van der Waals surface area contributed by atoms with Crippen LogP contribution in [0.25, 0.3) is 0 Å². The Kier molecular flexibility index (Phi) is 9.60. The average Bonchev–Trinajstić information content (AvgIpc) is 2.94. The van der Waals surface area contributed by atoms with Crippen LogP contribution in [0.5, 0.6) is 11.5 Å². The largest absolute Gasteiger partial charge is 0.497 e. The van der Waals surface area contributed by atoms with E-state index in [2.05, 4.69) is 5.32 Å². The number of hydrogen-bond acceptors (Lipinski definition) is 6. The van der Waals surface area contributed by atoms with E-state index in [0.717, 1.165) is 9.87 Å². The minimum absolute atomic E-state index is 0.0411. The quantitative estimate of drug-likeness (QED) is 0.384. The Hall–Kier alpha value is -3.76. The molecule has 0 fully saturated rings. The number of sulfonamides is 1. The van der Waals surface area contributed by atoms with Gasteiger partial charge in [-0.1, -0.05) is 35.9 Å². The fourth-order valence-corrected chi connectivity index (χ4v) is 5.35. The van der Waals surface area contributed by atoms with Crippen molar-refractivity contribution in [2.45, 2.75) is 24.4 Å². The van der Waals surface area contributed by atoms with E-state index in [1.54, 1.807) is 55.5 Å². The van der Waals surface area contributed by atoms with Gasteiger partial charge in [0.25, 0.3) is 10.0 Å². The van der Waals surface area contributed by atoms with Gasteiger partial charge in [0, 0.05) is 18.6 Å². The number of methoxy groups -OCH3 is 2. The van der Waals surface area contributed by atoms with Gasteiger partial charge in [-0.2, -0.15) is 0 Å². The first kappa shape index (κ1) is 28.8. The van der Waals surface area contributed by atoms with Gasteiger partial charge in [-0.05, 0) is 61.0 Å². The number of hydrogen-bond donors (Lipinski definition) is 1. The summed E-state index contributed by atoms with van der Waals surface area (Å²) in [5.41, 5.74) is 0.901. The van der Waals surface area contributed by atoms with Gasteiger partial charge < -0.3 is 19.7 Å². The van der Waals surface area contributed by atoms with Crippen LogP contribution in [0.1, 0.15) is 12.5 Å². The molecule has 0 aliphatic rings. The number of nitrogens with one attached hydrogen (secondary N) is 1. The Morgan fingerprint density at radius 2 is 1.58 bits per heavy atom. The van der Waals surface area contributed by atoms with Crippen LogP contribution in [-0.4, -0.2) is 59.0 Å². The van der Waals surface area contributed by atoms with E-state index < -0.39 is 34.4 Å². The minimum atomic E-state index is -4.24. The second kappa shape index (κ2) is 12.7. The van der Waals surface area contributed by atoms with Crippen LogP contribution < -0.4 is 19.1 Å². The SMILES string of the molecule is CNC(=O)C(C)N(Cc1ccc(Cl)cc1)C(=O)CN(c1ccccc1OC)S(=O)(=O)c1ccc(OC)cc1. The lowest BCUT2D eigenvalue weighted by atomic mass is 10.1.